The number of alkyl halides is 2. The van der Waals surface area contributed by atoms with Gasteiger partial charge in [-0.15, -0.1) is 0 Å². The Morgan fingerprint density at radius 1 is 1.44 bits per heavy atom. The first-order valence-corrected chi connectivity index (χ1v) is 5.87. The Morgan fingerprint density at radius 3 is 2.61 bits per heavy atom. The van der Waals surface area contributed by atoms with E-state index in [1.165, 1.54) is 0 Å². The molecule has 104 valence electrons. The third-order valence-electron chi connectivity index (χ3n) is 3.04. The fraction of sp³-hybridized carbons (Fsp3) is 0.818. The molecule has 2 atom stereocenters. The fourth-order valence-electron chi connectivity index (χ4n) is 2.07. The molecule has 1 saturated carbocycles. The predicted molar refractivity (Wildman–Crippen MR) is 58.2 cm³/mol. The SMILES string of the molecule is O=C(N[C@@H](CCO)C(=O)O)C1CCCC(F)(F)C1. The summed E-state index contributed by atoms with van der Waals surface area (Å²) in [6.07, 6.45) is -0.306. The summed E-state index contributed by atoms with van der Waals surface area (Å²) >= 11 is 0. The van der Waals surface area contributed by atoms with Crippen molar-refractivity contribution in [1.82, 2.24) is 5.32 Å². The van der Waals surface area contributed by atoms with Crippen molar-refractivity contribution in [3.63, 3.8) is 0 Å². The lowest BCUT2D eigenvalue weighted by Crippen LogP contribution is -2.46. The molecule has 1 amide bonds. The maximum Gasteiger partial charge on any atom is 0.326 e. The molecular formula is C11H17F2NO4. The van der Waals surface area contributed by atoms with E-state index < -0.39 is 42.8 Å². The Labute approximate surface area is 103 Å². The Bertz CT molecular complexity index is 322. The van der Waals surface area contributed by atoms with Gasteiger partial charge in [0.2, 0.25) is 11.8 Å². The van der Waals surface area contributed by atoms with Gasteiger partial charge in [-0.1, -0.05) is 0 Å². The van der Waals surface area contributed by atoms with Gasteiger partial charge in [0, 0.05) is 31.8 Å². The Kier molecular flexibility index (Phi) is 5.01. The topological polar surface area (TPSA) is 86.6 Å². The van der Waals surface area contributed by atoms with Gasteiger partial charge in [0.05, 0.1) is 0 Å². The summed E-state index contributed by atoms with van der Waals surface area (Å²) in [4.78, 5) is 22.4. The molecule has 0 aliphatic heterocycles. The van der Waals surface area contributed by atoms with Crippen LogP contribution < -0.4 is 5.32 Å². The monoisotopic (exact) mass is 265 g/mol. The second kappa shape index (κ2) is 6.08. The number of aliphatic hydroxyl groups is 1. The first kappa shape index (κ1) is 14.8. The summed E-state index contributed by atoms with van der Waals surface area (Å²) in [7, 11) is 0. The normalized spacial score (nSPS) is 24.3. The van der Waals surface area contributed by atoms with E-state index in [4.69, 9.17) is 10.2 Å². The Hall–Kier alpha value is -1.24. The van der Waals surface area contributed by atoms with E-state index in [0.717, 1.165) is 0 Å². The summed E-state index contributed by atoms with van der Waals surface area (Å²) in [5, 5.41) is 19.6. The maximum atomic E-state index is 13.1. The highest BCUT2D eigenvalue weighted by molar-refractivity contribution is 5.85. The number of nitrogens with one attached hydrogen (secondary N) is 1. The maximum absolute atomic E-state index is 13.1. The van der Waals surface area contributed by atoms with Gasteiger partial charge < -0.3 is 15.5 Å². The number of hydrogen-bond donors (Lipinski definition) is 3. The zero-order valence-electron chi connectivity index (χ0n) is 9.86. The number of amides is 1. The van der Waals surface area contributed by atoms with Gasteiger partial charge in [-0.05, 0) is 12.8 Å². The van der Waals surface area contributed by atoms with Gasteiger partial charge in [0.1, 0.15) is 6.04 Å². The lowest BCUT2D eigenvalue weighted by atomic mass is 9.86. The van der Waals surface area contributed by atoms with Crippen LogP contribution >= 0.6 is 0 Å². The molecule has 1 unspecified atom stereocenters. The Morgan fingerprint density at radius 2 is 2.11 bits per heavy atom. The molecule has 3 N–H and O–H groups in total. The van der Waals surface area contributed by atoms with Gasteiger partial charge in [-0.3, -0.25) is 4.79 Å². The first-order chi connectivity index (χ1) is 8.35. The van der Waals surface area contributed by atoms with Crippen LogP contribution in [0.15, 0.2) is 0 Å². The lowest BCUT2D eigenvalue weighted by Gasteiger charge is -2.28. The molecule has 18 heavy (non-hydrogen) atoms. The van der Waals surface area contributed by atoms with Crippen molar-refractivity contribution in [1.29, 1.82) is 0 Å². The predicted octanol–water partition coefficient (Wildman–Crippen LogP) is 0.764. The van der Waals surface area contributed by atoms with E-state index in [9.17, 15) is 18.4 Å². The molecule has 0 heterocycles. The van der Waals surface area contributed by atoms with Gasteiger partial charge >= 0.3 is 5.97 Å². The lowest BCUT2D eigenvalue weighted by molar-refractivity contribution is -0.144. The molecule has 0 aromatic heterocycles. The molecule has 1 fully saturated rings. The molecule has 1 aliphatic rings. The second-order valence-corrected chi connectivity index (χ2v) is 4.56. The number of carboxylic acids is 1. The minimum absolute atomic E-state index is 0.135. The standard InChI is InChI=1S/C11H17F2NO4/c12-11(13)4-1-2-7(6-11)9(16)14-8(3-5-15)10(17)18/h7-8,15H,1-6H2,(H,14,16)(H,17,18)/t7?,8-/m0/s1. The van der Waals surface area contributed by atoms with Crippen molar-refractivity contribution in [2.45, 2.75) is 44.1 Å². The molecule has 5 nitrogen and oxygen atoms in total. The molecule has 0 radical (unpaired) electrons. The molecule has 1 rings (SSSR count). The van der Waals surface area contributed by atoms with E-state index in [1.54, 1.807) is 0 Å². The molecule has 1 aliphatic carbocycles. The van der Waals surface area contributed by atoms with Crippen molar-refractivity contribution >= 4 is 11.9 Å². The van der Waals surface area contributed by atoms with Crippen LogP contribution in [-0.4, -0.2) is 40.7 Å². The van der Waals surface area contributed by atoms with Gasteiger partial charge in [-0.25, -0.2) is 13.6 Å². The van der Waals surface area contributed by atoms with Crippen molar-refractivity contribution < 1.29 is 28.6 Å². The van der Waals surface area contributed by atoms with E-state index in [2.05, 4.69) is 5.32 Å². The summed E-state index contributed by atoms with van der Waals surface area (Å²) < 4.78 is 26.2. The molecule has 0 spiro atoms. The number of aliphatic carboxylic acids is 1. The van der Waals surface area contributed by atoms with Crippen LogP contribution in [0.3, 0.4) is 0 Å². The molecule has 7 heteroatoms. The third kappa shape index (κ3) is 4.21. The largest absolute Gasteiger partial charge is 0.480 e. The highest BCUT2D eigenvalue weighted by Crippen LogP contribution is 2.36. The number of carbonyl (C=O) groups excluding carboxylic acids is 1. The average molecular weight is 265 g/mol. The number of hydrogen-bond acceptors (Lipinski definition) is 3. The number of halogens is 2. The van der Waals surface area contributed by atoms with Crippen LogP contribution in [0.4, 0.5) is 8.78 Å². The van der Waals surface area contributed by atoms with E-state index >= 15 is 0 Å². The minimum Gasteiger partial charge on any atom is -0.480 e. The molecule has 0 aromatic rings. The van der Waals surface area contributed by atoms with E-state index in [-0.39, 0.29) is 19.3 Å². The third-order valence-corrected chi connectivity index (χ3v) is 3.04. The van der Waals surface area contributed by atoms with Crippen LogP contribution in [-0.2, 0) is 9.59 Å². The second-order valence-electron chi connectivity index (χ2n) is 4.56. The van der Waals surface area contributed by atoms with Gasteiger partial charge in [0.15, 0.2) is 0 Å². The summed E-state index contributed by atoms with van der Waals surface area (Å²) in [5.41, 5.74) is 0. The molecule has 0 aromatic carbocycles. The fourth-order valence-corrected chi connectivity index (χ4v) is 2.07. The van der Waals surface area contributed by atoms with Crippen LogP contribution in [0.25, 0.3) is 0 Å². The zero-order valence-corrected chi connectivity index (χ0v) is 9.86. The minimum atomic E-state index is -2.85. The number of rotatable bonds is 5. The number of carboxylic acid groups (broad SMARTS) is 1. The highest BCUT2D eigenvalue weighted by atomic mass is 19.3. The van der Waals surface area contributed by atoms with Crippen molar-refractivity contribution in [3.05, 3.63) is 0 Å². The molecule has 0 saturated heterocycles. The van der Waals surface area contributed by atoms with Crippen LogP contribution in [0.2, 0.25) is 0 Å². The number of carbonyl (C=O) groups is 2. The summed E-state index contributed by atoms with van der Waals surface area (Å²) in [5.74, 6) is -5.65. The van der Waals surface area contributed by atoms with Crippen LogP contribution in [0.5, 0.6) is 0 Å². The summed E-state index contributed by atoms with van der Waals surface area (Å²) in [6.45, 7) is -0.391. The van der Waals surface area contributed by atoms with E-state index in [0.29, 0.717) is 6.42 Å². The highest BCUT2D eigenvalue weighted by Gasteiger charge is 2.39. The van der Waals surface area contributed by atoms with Crippen molar-refractivity contribution in [2.24, 2.45) is 5.92 Å². The smallest absolute Gasteiger partial charge is 0.326 e. The number of aliphatic hydroxyl groups excluding tert-OH is 1. The Balaban J connectivity index is 2.55. The van der Waals surface area contributed by atoms with Crippen molar-refractivity contribution in [3.8, 4) is 0 Å². The molecular weight excluding hydrogens is 248 g/mol. The van der Waals surface area contributed by atoms with Gasteiger partial charge in [0.25, 0.3) is 0 Å². The van der Waals surface area contributed by atoms with Crippen LogP contribution in [0.1, 0.15) is 32.1 Å². The average Bonchev–Trinajstić information content (AvgIpc) is 2.26. The van der Waals surface area contributed by atoms with Gasteiger partial charge in [-0.2, -0.15) is 0 Å². The van der Waals surface area contributed by atoms with Crippen molar-refractivity contribution in [2.75, 3.05) is 6.61 Å². The van der Waals surface area contributed by atoms with Crippen LogP contribution in [0, 0.1) is 5.92 Å². The quantitative estimate of drug-likeness (QED) is 0.685. The molecule has 0 bridgehead atoms. The van der Waals surface area contributed by atoms with E-state index in [1.807, 2.05) is 0 Å². The first-order valence-electron chi connectivity index (χ1n) is 5.87. The summed E-state index contributed by atoms with van der Waals surface area (Å²) in [6, 6.07) is -1.22. The zero-order chi connectivity index (χ0) is 13.8.